The molecule has 2 fully saturated rings. The summed E-state index contributed by atoms with van der Waals surface area (Å²) in [6, 6.07) is 9.74. The Balaban J connectivity index is 1.54. The summed E-state index contributed by atoms with van der Waals surface area (Å²) in [4.78, 5) is 19.5. The molecule has 28 heavy (non-hydrogen) atoms. The molecule has 1 aliphatic carbocycles. The smallest absolute Gasteiger partial charge is 0.255 e. The second kappa shape index (κ2) is 7.89. The van der Waals surface area contributed by atoms with Gasteiger partial charge in [-0.3, -0.25) is 4.79 Å². The third kappa shape index (κ3) is 4.34. The molecule has 1 aromatic heterocycles. The zero-order valence-corrected chi connectivity index (χ0v) is 16.4. The van der Waals surface area contributed by atoms with Gasteiger partial charge in [-0.15, -0.1) is 0 Å². The fourth-order valence-electron chi connectivity index (χ4n) is 3.34. The molecule has 2 heterocycles. The van der Waals surface area contributed by atoms with Crippen LogP contribution in [0.15, 0.2) is 47.5 Å². The van der Waals surface area contributed by atoms with Gasteiger partial charge in [0.1, 0.15) is 0 Å². The summed E-state index contributed by atoms with van der Waals surface area (Å²) in [5, 5.41) is 2.90. The van der Waals surface area contributed by atoms with E-state index in [1.807, 2.05) is 6.07 Å². The van der Waals surface area contributed by atoms with Crippen LogP contribution in [0.25, 0.3) is 0 Å². The molecular weight excluding hydrogens is 376 g/mol. The van der Waals surface area contributed by atoms with Crippen LogP contribution in [-0.4, -0.2) is 38.4 Å². The van der Waals surface area contributed by atoms with Crippen molar-refractivity contribution in [2.75, 3.05) is 23.3 Å². The molecule has 1 aliphatic heterocycles. The number of rotatable bonds is 6. The highest BCUT2D eigenvalue weighted by Gasteiger charge is 2.28. The van der Waals surface area contributed by atoms with E-state index in [9.17, 15) is 13.2 Å². The van der Waals surface area contributed by atoms with Gasteiger partial charge >= 0.3 is 0 Å². The van der Waals surface area contributed by atoms with E-state index in [2.05, 4.69) is 19.9 Å². The molecule has 0 spiro atoms. The molecule has 4 rings (SSSR count). The van der Waals surface area contributed by atoms with Crippen molar-refractivity contribution in [3.63, 3.8) is 0 Å². The number of sulfonamides is 1. The normalized spacial score (nSPS) is 17.4. The van der Waals surface area contributed by atoms with Crippen molar-refractivity contribution in [1.29, 1.82) is 0 Å². The van der Waals surface area contributed by atoms with Crippen molar-refractivity contribution in [3.8, 4) is 0 Å². The summed E-state index contributed by atoms with van der Waals surface area (Å²) in [6.45, 7) is 1.83. The van der Waals surface area contributed by atoms with E-state index >= 15 is 0 Å². The number of hydrogen-bond donors (Lipinski definition) is 2. The van der Waals surface area contributed by atoms with Crippen LogP contribution in [0, 0.1) is 0 Å². The lowest BCUT2D eigenvalue weighted by Crippen LogP contribution is -2.31. The summed E-state index contributed by atoms with van der Waals surface area (Å²) in [6.07, 6.45) is 6.87. The molecule has 0 bridgehead atoms. The summed E-state index contributed by atoms with van der Waals surface area (Å²) >= 11 is 0. The first kappa shape index (κ1) is 18.9. The summed E-state index contributed by atoms with van der Waals surface area (Å²) in [5.74, 6) is 0.407. The van der Waals surface area contributed by atoms with Crippen LogP contribution in [0.3, 0.4) is 0 Å². The topological polar surface area (TPSA) is 91.4 Å². The lowest BCUT2D eigenvalue weighted by atomic mass is 10.1. The van der Waals surface area contributed by atoms with Crippen LogP contribution in [0.4, 0.5) is 11.5 Å². The molecule has 2 aromatic rings. The molecule has 1 aromatic carbocycles. The minimum Gasteiger partial charge on any atom is -0.355 e. The molecule has 1 amide bonds. The summed E-state index contributed by atoms with van der Waals surface area (Å²) < 4.78 is 27.5. The van der Waals surface area contributed by atoms with Crippen molar-refractivity contribution in [2.24, 2.45) is 0 Å². The van der Waals surface area contributed by atoms with E-state index in [4.69, 9.17) is 0 Å². The van der Waals surface area contributed by atoms with Crippen molar-refractivity contribution in [3.05, 3.63) is 48.2 Å². The Labute approximate surface area is 165 Å². The Kier molecular flexibility index (Phi) is 5.32. The van der Waals surface area contributed by atoms with E-state index in [1.54, 1.807) is 24.4 Å². The monoisotopic (exact) mass is 400 g/mol. The largest absolute Gasteiger partial charge is 0.355 e. The molecule has 1 saturated carbocycles. The quantitative estimate of drug-likeness (QED) is 0.778. The van der Waals surface area contributed by atoms with Crippen LogP contribution in [0.2, 0.25) is 0 Å². The number of amides is 1. The Bertz CT molecular complexity index is 967. The minimum atomic E-state index is -3.60. The van der Waals surface area contributed by atoms with Gasteiger partial charge in [0.15, 0.2) is 5.82 Å². The third-order valence-electron chi connectivity index (χ3n) is 5.00. The number of nitrogens with one attached hydrogen (secondary N) is 2. The standard InChI is InChI=1S/C20H24N4O3S/c25-20(15-6-4-7-17(14-15)28(26,27)23-16-9-10-16)22-18-8-5-11-21-19(18)24-12-2-1-3-13-24/h4-8,11,14,16,23H,1-3,9-10,12-13H2,(H,22,25). The number of anilines is 2. The number of aromatic nitrogens is 1. The van der Waals surface area contributed by atoms with Gasteiger partial charge in [0.25, 0.3) is 5.91 Å². The predicted octanol–water partition coefficient (Wildman–Crippen LogP) is 2.76. The number of pyridine rings is 1. The fourth-order valence-corrected chi connectivity index (χ4v) is 4.69. The molecule has 1 saturated heterocycles. The summed E-state index contributed by atoms with van der Waals surface area (Å²) in [7, 11) is -3.60. The molecule has 0 atom stereocenters. The molecule has 2 aliphatic rings. The second-order valence-electron chi connectivity index (χ2n) is 7.30. The first-order chi connectivity index (χ1) is 13.5. The van der Waals surface area contributed by atoms with Gasteiger partial charge < -0.3 is 10.2 Å². The molecular formula is C20H24N4O3S. The van der Waals surface area contributed by atoms with Crippen molar-refractivity contribution in [2.45, 2.75) is 43.0 Å². The predicted molar refractivity (Wildman–Crippen MR) is 108 cm³/mol. The summed E-state index contributed by atoms with van der Waals surface area (Å²) in [5.41, 5.74) is 0.936. The van der Waals surface area contributed by atoms with Crippen molar-refractivity contribution < 1.29 is 13.2 Å². The minimum absolute atomic E-state index is 0.0185. The van der Waals surface area contributed by atoms with E-state index in [0.29, 0.717) is 11.3 Å². The molecule has 2 N–H and O–H groups in total. The SMILES string of the molecule is O=C(Nc1cccnc1N1CCCCC1)c1cccc(S(=O)(=O)NC2CC2)c1. The number of carbonyl (C=O) groups is 1. The van der Waals surface area contributed by atoms with Crippen molar-refractivity contribution in [1.82, 2.24) is 9.71 Å². The van der Waals surface area contributed by atoms with Gasteiger partial charge in [-0.05, 0) is 62.4 Å². The number of nitrogens with zero attached hydrogens (tertiary/aromatic N) is 2. The number of carbonyl (C=O) groups excluding carboxylic acids is 1. The number of benzene rings is 1. The van der Waals surface area contributed by atoms with Crippen LogP contribution in [0.5, 0.6) is 0 Å². The Hall–Kier alpha value is -2.45. The van der Waals surface area contributed by atoms with E-state index in [0.717, 1.165) is 44.6 Å². The van der Waals surface area contributed by atoms with Crippen molar-refractivity contribution >= 4 is 27.4 Å². The van der Waals surface area contributed by atoms with Gasteiger partial charge in [0, 0.05) is 30.9 Å². The highest BCUT2D eigenvalue weighted by molar-refractivity contribution is 7.89. The van der Waals surface area contributed by atoms with E-state index in [1.165, 1.54) is 18.6 Å². The van der Waals surface area contributed by atoms with Gasteiger partial charge in [-0.2, -0.15) is 0 Å². The van der Waals surface area contributed by atoms with Gasteiger partial charge in [-0.25, -0.2) is 18.1 Å². The Morgan fingerprint density at radius 2 is 1.86 bits per heavy atom. The highest BCUT2D eigenvalue weighted by Crippen LogP contribution is 2.27. The Morgan fingerprint density at radius 1 is 1.07 bits per heavy atom. The molecule has 0 radical (unpaired) electrons. The lowest BCUT2D eigenvalue weighted by molar-refractivity contribution is 0.102. The molecule has 7 nitrogen and oxygen atoms in total. The van der Waals surface area contributed by atoms with Gasteiger partial charge in [-0.1, -0.05) is 6.07 Å². The maximum atomic E-state index is 12.8. The van der Waals surface area contributed by atoms with Gasteiger partial charge in [0.2, 0.25) is 10.0 Å². The van der Waals surface area contributed by atoms with E-state index < -0.39 is 10.0 Å². The number of piperidine rings is 1. The van der Waals surface area contributed by atoms with Gasteiger partial charge in [0.05, 0.1) is 10.6 Å². The molecule has 8 heteroatoms. The van der Waals surface area contributed by atoms with Crippen LogP contribution in [-0.2, 0) is 10.0 Å². The lowest BCUT2D eigenvalue weighted by Gasteiger charge is -2.29. The zero-order chi connectivity index (χ0) is 19.6. The third-order valence-corrected chi connectivity index (χ3v) is 6.51. The van der Waals surface area contributed by atoms with Crippen LogP contribution < -0.4 is 14.9 Å². The highest BCUT2D eigenvalue weighted by atomic mass is 32.2. The molecule has 0 unspecified atom stereocenters. The van der Waals surface area contributed by atoms with Crippen LogP contribution in [0.1, 0.15) is 42.5 Å². The maximum Gasteiger partial charge on any atom is 0.255 e. The molecule has 148 valence electrons. The average molecular weight is 401 g/mol. The second-order valence-corrected chi connectivity index (χ2v) is 9.01. The zero-order valence-electron chi connectivity index (χ0n) is 15.6. The number of hydrogen-bond acceptors (Lipinski definition) is 5. The first-order valence-corrected chi connectivity index (χ1v) is 11.1. The fraction of sp³-hybridized carbons (Fsp3) is 0.400. The van der Waals surface area contributed by atoms with E-state index in [-0.39, 0.29) is 16.8 Å². The average Bonchev–Trinajstić information content (AvgIpc) is 3.52. The van der Waals surface area contributed by atoms with Crippen LogP contribution >= 0.6 is 0 Å². The maximum absolute atomic E-state index is 12.8. The first-order valence-electron chi connectivity index (χ1n) is 9.67. The Morgan fingerprint density at radius 3 is 2.61 bits per heavy atom.